The van der Waals surface area contributed by atoms with Crippen LogP contribution in [0.15, 0.2) is 47.1 Å². The van der Waals surface area contributed by atoms with E-state index in [1.54, 1.807) is 6.26 Å². The van der Waals surface area contributed by atoms with E-state index in [1.807, 2.05) is 56.3 Å². The van der Waals surface area contributed by atoms with Gasteiger partial charge < -0.3 is 14.5 Å². The summed E-state index contributed by atoms with van der Waals surface area (Å²) < 4.78 is 10.9. The maximum atomic E-state index is 13.2. The summed E-state index contributed by atoms with van der Waals surface area (Å²) in [6.07, 6.45) is 5.18. The molecule has 1 aliphatic rings. The number of nitrogens with one attached hydrogen (secondary N) is 1. The second-order valence-electron chi connectivity index (χ2n) is 8.33. The molecule has 0 unspecified atom stereocenters. The molecule has 0 bridgehead atoms. The summed E-state index contributed by atoms with van der Waals surface area (Å²) >= 11 is 0. The summed E-state index contributed by atoms with van der Waals surface area (Å²) in [4.78, 5) is 30.1. The number of fused-ring (bicyclic) bond motifs is 2. The number of rotatable bonds is 5. The molecule has 0 spiro atoms. The van der Waals surface area contributed by atoms with Crippen molar-refractivity contribution in [2.45, 2.75) is 39.7 Å². The van der Waals surface area contributed by atoms with Crippen molar-refractivity contribution in [3.63, 3.8) is 0 Å². The molecule has 1 amide bonds. The highest BCUT2D eigenvalue weighted by atomic mass is 16.5. The van der Waals surface area contributed by atoms with Gasteiger partial charge in [0.05, 0.1) is 23.0 Å². The van der Waals surface area contributed by atoms with Gasteiger partial charge in [-0.1, -0.05) is 25.1 Å². The van der Waals surface area contributed by atoms with Crippen LogP contribution >= 0.6 is 0 Å². The zero-order valence-corrected chi connectivity index (χ0v) is 18.0. The second-order valence-corrected chi connectivity index (χ2v) is 8.33. The molecule has 2 aromatic heterocycles. The number of allylic oxidation sites excluding steroid dienone is 1. The highest BCUT2D eigenvalue weighted by Gasteiger charge is 2.29. The molecule has 2 heterocycles. The number of benzene rings is 1. The molecule has 3 aromatic rings. The lowest BCUT2D eigenvalue weighted by atomic mass is 9.81. The van der Waals surface area contributed by atoms with Crippen molar-refractivity contribution >= 4 is 34.4 Å². The summed E-state index contributed by atoms with van der Waals surface area (Å²) in [5.74, 6) is 0.259. The van der Waals surface area contributed by atoms with Crippen molar-refractivity contribution in [1.82, 2.24) is 10.3 Å². The standard InChI is InChI=1S/C25H26N2O4/c1-15(2)26-22(28)14-31-25(29)23-19-8-4-5-9-21(19)27-24-17(11-16(3)12-20(23)24)13-18-7-6-10-30-18/h4-10,13,15-16H,11-12,14H2,1-3H3,(H,26,28)/t16-/m1/s1. The Morgan fingerprint density at radius 3 is 2.77 bits per heavy atom. The van der Waals surface area contributed by atoms with E-state index < -0.39 is 5.97 Å². The number of hydrogen-bond donors (Lipinski definition) is 1. The van der Waals surface area contributed by atoms with Gasteiger partial charge in [-0.25, -0.2) is 9.78 Å². The molecule has 6 nitrogen and oxygen atoms in total. The van der Waals surface area contributed by atoms with E-state index in [2.05, 4.69) is 12.2 Å². The van der Waals surface area contributed by atoms with Crippen LogP contribution in [0.4, 0.5) is 0 Å². The molecule has 0 aliphatic heterocycles. The lowest BCUT2D eigenvalue weighted by Crippen LogP contribution is -2.34. The monoisotopic (exact) mass is 418 g/mol. The van der Waals surface area contributed by atoms with Crippen LogP contribution in [0.2, 0.25) is 0 Å². The number of esters is 1. The lowest BCUT2D eigenvalue weighted by molar-refractivity contribution is -0.124. The van der Waals surface area contributed by atoms with E-state index in [1.165, 1.54) is 0 Å². The summed E-state index contributed by atoms with van der Waals surface area (Å²) in [5, 5.41) is 3.48. The van der Waals surface area contributed by atoms with Gasteiger partial charge in [-0.3, -0.25) is 4.79 Å². The number of amides is 1. The zero-order chi connectivity index (χ0) is 22.0. The number of pyridine rings is 1. The van der Waals surface area contributed by atoms with Crippen LogP contribution in [0, 0.1) is 5.92 Å². The maximum absolute atomic E-state index is 13.2. The number of aromatic nitrogens is 1. The Labute approximate surface area is 181 Å². The molecular formula is C25H26N2O4. The maximum Gasteiger partial charge on any atom is 0.339 e. The molecule has 4 rings (SSSR count). The minimum absolute atomic E-state index is 0.0177. The normalized spacial score (nSPS) is 17.0. The van der Waals surface area contributed by atoms with E-state index in [0.29, 0.717) is 17.9 Å². The van der Waals surface area contributed by atoms with E-state index in [9.17, 15) is 9.59 Å². The fraction of sp³-hybridized carbons (Fsp3) is 0.320. The van der Waals surface area contributed by atoms with Crippen LogP contribution in [-0.4, -0.2) is 29.5 Å². The predicted molar refractivity (Wildman–Crippen MR) is 119 cm³/mol. The summed E-state index contributed by atoms with van der Waals surface area (Å²) in [7, 11) is 0. The Kier molecular flexibility index (Phi) is 5.89. The van der Waals surface area contributed by atoms with Gasteiger partial charge >= 0.3 is 5.97 Å². The zero-order valence-electron chi connectivity index (χ0n) is 18.0. The van der Waals surface area contributed by atoms with Crippen LogP contribution in [0.3, 0.4) is 0 Å². The predicted octanol–water partition coefficient (Wildman–Crippen LogP) is 4.63. The van der Waals surface area contributed by atoms with E-state index in [4.69, 9.17) is 14.1 Å². The molecular weight excluding hydrogens is 392 g/mol. The van der Waals surface area contributed by atoms with Crippen LogP contribution in [0.25, 0.3) is 22.6 Å². The Bertz CT molecular complexity index is 1150. The third kappa shape index (κ3) is 4.53. The van der Waals surface area contributed by atoms with Crippen molar-refractivity contribution in [2.75, 3.05) is 6.61 Å². The number of hydrogen-bond acceptors (Lipinski definition) is 5. The summed E-state index contributed by atoms with van der Waals surface area (Å²) in [6.45, 7) is 5.56. The van der Waals surface area contributed by atoms with Gasteiger partial charge in [0.2, 0.25) is 0 Å². The Morgan fingerprint density at radius 2 is 2.03 bits per heavy atom. The third-order valence-electron chi connectivity index (χ3n) is 5.27. The molecule has 1 atom stereocenters. The first-order valence-corrected chi connectivity index (χ1v) is 10.5. The summed E-state index contributed by atoms with van der Waals surface area (Å²) in [6, 6.07) is 11.3. The molecule has 0 saturated heterocycles. The fourth-order valence-electron chi connectivity index (χ4n) is 4.08. The molecule has 1 aliphatic carbocycles. The SMILES string of the molecule is CC(C)NC(=O)COC(=O)c1c2c(nc3ccccc13)C(=Cc1ccco1)C[C@@H](C)C2. The Morgan fingerprint density at radius 1 is 1.23 bits per heavy atom. The van der Waals surface area contributed by atoms with Gasteiger partial charge in [0, 0.05) is 11.4 Å². The van der Waals surface area contributed by atoms with Gasteiger partial charge in [-0.15, -0.1) is 0 Å². The second kappa shape index (κ2) is 8.76. The van der Waals surface area contributed by atoms with E-state index in [-0.39, 0.29) is 18.6 Å². The minimum Gasteiger partial charge on any atom is -0.465 e. The number of nitrogens with zero attached hydrogens (tertiary/aromatic N) is 1. The highest BCUT2D eigenvalue weighted by Crippen LogP contribution is 2.38. The van der Waals surface area contributed by atoms with Crippen molar-refractivity contribution in [1.29, 1.82) is 0 Å². The molecule has 31 heavy (non-hydrogen) atoms. The minimum atomic E-state index is -0.500. The Balaban J connectivity index is 1.79. The molecule has 0 fully saturated rings. The quantitative estimate of drug-likeness (QED) is 0.611. The third-order valence-corrected chi connectivity index (χ3v) is 5.27. The first-order chi connectivity index (χ1) is 14.9. The number of ether oxygens (including phenoxy) is 1. The molecule has 0 radical (unpaired) electrons. The van der Waals surface area contributed by atoms with Gasteiger partial charge in [0.15, 0.2) is 6.61 Å². The summed E-state index contributed by atoms with van der Waals surface area (Å²) in [5.41, 5.74) is 3.91. The molecule has 0 saturated carbocycles. The van der Waals surface area contributed by atoms with E-state index >= 15 is 0 Å². The number of carbonyl (C=O) groups is 2. The molecule has 6 heteroatoms. The molecule has 1 N–H and O–H groups in total. The first-order valence-electron chi connectivity index (χ1n) is 10.5. The van der Waals surface area contributed by atoms with Gasteiger partial charge in [0.25, 0.3) is 5.91 Å². The van der Waals surface area contributed by atoms with Gasteiger partial charge in [0.1, 0.15) is 5.76 Å². The number of carbonyl (C=O) groups excluding carboxylic acids is 2. The topological polar surface area (TPSA) is 81.4 Å². The van der Waals surface area contributed by atoms with Crippen molar-refractivity contribution in [3.8, 4) is 0 Å². The average molecular weight is 418 g/mol. The van der Waals surface area contributed by atoms with E-state index in [0.717, 1.165) is 39.9 Å². The first kappa shape index (κ1) is 20.8. The van der Waals surface area contributed by atoms with Gasteiger partial charge in [-0.05, 0) is 68.0 Å². The smallest absolute Gasteiger partial charge is 0.339 e. The Hall–Kier alpha value is -3.41. The van der Waals surface area contributed by atoms with Crippen LogP contribution in [0.5, 0.6) is 0 Å². The van der Waals surface area contributed by atoms with Crippen molar-refractivity contribution < 1.29 is 18.7 Å². The van der Waals surface area contributed by atoms with Crippen LogP contribution in [-0.2, 0) is 16.0 Å². The number of para-hydroxylation sites is 1. The largest absolute Gasteiger partial charge is 0.465 e. The van der Waals surface area contributed by atoms with Crippen LogP contribution < -0.4 is 5.32 Å². The van der Waals surface area contributed by atoms with Gasteiger partial charge in [-0.2, -0.15) is 0 Å². The van der Waals surface area contributed by atoms with Crippen LogP contribution in [0.1, 0.15) is 54.6 Å². The van der Waals surface area contributed by atoms with Crippen molar-refractivity contribution in [3.05, 3.63) is 65.2 Å². The molecule has 160 valence electrons. The lowest BCUT2D eigenvalue weighted by Gasteiger charge is -2.26. The average Bonchev–Trinajstić information content (AvgIpc) is 3.23. The fourth-order valence-corrected chi connectivity index (χ4v) is 4.08. The highest BCUT2D eigenvalue weighted by molar-refractivity contribution is 6.07. The van der Waals surface area contributed by atoms with Crippen molar-refractivity contribution in [2.24, 2.45) is 5.92 Å². The molecule has 1 aromatic carbocycles. The number of furan rings is 1.